The van der Waals surface area contributed by atoms with Crippen LogP contribution in [0.25, 0.3) is 0 Å². The van der Waals surface area contributed by atoms with E-state index in [1.54, 1.807) is 0 Å². The number of nitrogens with two attached hydrogens (primary N) is 1. The van der Waals surface area contributed by atoms with E-state index >= 15 is 0 Å². The average Bonchev–Trinajstić information content (AvgIpc) is 2.24. The lowest BCUT2D eigenvalue weighted by molar-refractivity contribution is -0.137. The molecule has 1 atom stereocenters. The highest BCUT2D eigenvalue weighted by molar-refractivity contribution is 7.80. The third-order valence-corrected chi connectivity index (χ3v) is 2.58. The monoisotopic (exact) mass is 248 g/mol. The maximum atomic E-state index is 11.4. The van der Waals surface area contributed by atoms with Crippen molar-refractivity contribution in [2.75, 3.05) is 12.3 Å². The molecule has 0 saturated carbocycles. The van der Waals surface area contributed by atoms with E-state index in [0.717, 1.165) is 0 Å². The van der Waals surface area contributed by atoms with Gasteiger partial charge >= 0.3 is 5.97 Å². The van der Waals surface area contributed by atoms with E-state index in [2.05, 4.69) is 17.9 Å². The molecular weight excluding hydrogens is 228 g/mol. The Morgan fingerprint density at radius 1 is 1.31 bits per heavy atom. The second-order valence-electron chi connectivity index (χ2n) is 3.63. The van der Waals surface area contributed by atoms with Gasteiger partial charge in [0.2, 0.25) is 5.91 Å². The second-order valence-corrected chi connectivity index (χ2v) is 3.99. The summed E-state index contributed by atoms with van der Waals surface area (Å²) in [6, 6.07) is -0.0482. The van der Waals surface area contributed by atoms with Crippen molar-refractivity contribution >= 4 is 24.5 Å². The molecule has 0 fully saturated rings. The van der Waals surface area contributed by atoms with E-state index in [1.165, 1.54) is 0 Å². The fourth-order valence-electron chi connectivity index (χ4n) is 1.27. The van der Waals surface area contributed by atoms with E-state index in [9.17, 15) is 9.59 Å². The summed E-state index contributed by atoms with van der Waals surface area (Å²) in [5.74, 6) is -0.333. The third-order valence-electron chi connectivity index (χ3n) is 2.14. The number of carboxylic acid groups (broad SMARTS) is 1. The zero-order valence-electron chi connectivity index (χ0n) is 9.32. The number of carboxylic acids is 1. The average molecular weight is 248 g/mol. The molecule has 0 rings (SSSR count). The number of hydrogen-bond donors (Lipinski definition) is 4. The highest BCUT2D eigenvalue weighted by atomic mass is 32.1. The van der Waals surface area contributed by atoms with Crippen LogP contribution < -0.4 is 11.1 Å². The predicted molar refractivity (Wildman–Crippen MR) is 65.6 cm³/mol. The molecular formula is C10H20N2O3S. The van der Waals surface area contributed by atoms with Crippen LogP contribution in [-0.2, 0) is 9.59 Å². The van der Waals surface area contributed by atoms with Gasteiger partial charge in [0.25, 0.3) is 0 Å². The van der Waals surface area contributed by atoms with Gasteiger partial charge in [0.05, 0.1) is 0 Å². The highest BCUT2D eigenvalue weighted by Crippen LogP contribution is 2.03. The molecule has 1 amide bonds. The summed E-state index contributed by atoms with van der Waals surface area (Å²) in [7, 11) is 0. The van der Waals surface area contributed by atoms with Gasteiger partial charge < -0.3 is 16.2 Å². The van der Waals surface area contributed by atoms with Gasteiger partial charge in [-0.05, 0) is 25.8 Å². The molecule has 0 aromatic rings. The Balaban J connectivity index is 3.72. The Labute approximate surface area is 101 Å². The summed E-state index contributed by atoms with van der Waals surface area (Å²) >= 11 is 4.12. The highest BCUT2D eigenvalue weighted by Gasteiger charge is 2.10. The largest absolute Gasteiger partial charge is 0.481 e. The van der Waals surface area contributed by atoms with Crippen LogP contribution in [0.2, 0.25) is 0 Å². The summed E-state index contributed by atoms with van der Waals surface area (Å²) in [5, 5.41) is 11.3. The molecule has 0 unspecified atom stereocenters. The van der Waals surface area contributed by atoms with Crippen molar-refractivity contribution in [1.29, 1.82) is 0 Å². The normalized spacial score (nSPS) is 12.1. The number of carbonyl (C=O) groups is 2. The lowest BCUT2D eigenvalue weighted by atomic mass is 10.1. The van der Waals surface area contributed by atoms with Gasteiger partial charge in [0.15, 0.2) is 0 Å². The quantitative estimate of drug-likeness (QED) is 0.444. The van der Waals surface area contributed by atoms with E-state index in [1.807, 2.05) is 0 Å². The van der Waals surface area contributed by atoms with E-state index in [0.29, 0.717) is 38.0 Å². The van der Waals surface area contributed by atoms with Gasteiger partial charge in [-0.15, -0.1) is 0 Å². The van der Waals surface area contributed by atoms with Crippen LogP contribution in [0.1, 0.15) is 32.1 Å². The van der Waals surface area contributed by atoms with Crippen LogP contribution in [0.5, 0.6) is 0 Å². The van der Waals surface area contributed by atoms with Crippen LogP contribution in [0.4, 0.5) is 0 Å². The van der Waals surface area contributed by atoms with Crippen molar-refractivity contribution < 1.29 is 14.7 Å². The second kappa shape index (κ2) is 9.47. The summed E-state index contributed by atoms with van der Waals surface area (Å²) in [6.45, 7) is 0.498. The van der Waals surface area contributed by atoms with E-state index < -0.39 is 5.97 Å². The molecule has 0 radical (unpaired) electrons. The van der Waals surface area contributed by atoms with Gasteiger partial charge in [-0.25, -0.2) is 0 Å². The molecule has 0 saturated heterocycles. The first kappa shape index (κ1) is 15.2. The lowest BCUT2D eigenvalue weighted by Crippen LogP contribution is -2.36. The van der Waals surface area contributed by atoms with Crippen molar-refractivity contribution in [2.24, 2.45) is 5.73 Å². The summed E-state index contributed by atoms with van der Waals surface area (Å²) in [6.07, 6.45) is 2.41. The standard InChI is InChI=1S/C10H20N2O3S/c11-6-2-4-9(13)12-8(7-16)3-1-5-10(14)15/h8,16H,1-7,11H2,(H,12,13)(H,14,15)/t8-/m1/s1. The van der Waals surface area contributed by atoms with Gasteiger partial charge in [-0.2, -0.15) is 12.6 Å². The molecule has 0 aliphatic rings. The Morgan fingerprint density at radius 3 is 2.50 bits per heavy atom. The molecule has 0 bridgehead atoms. The fraction of sp³-hybridized carbons (Fsp3) is 0.800. The number of aliphatic carboxylic acids is 1. The molecule has 5 nitrogen and oxygen atoms in total. The molecule has 0 aliphatic heterocycles. The lowest BCUT2D eigenvalue weighted by Gasteiger charge is -2.15. The van der Waals surface area contributed by atoms with Crippen LogP contribution in [-0.4, -0.2) is 35.3 Å². The van der Waals surface area contributed by atoms with E-state index in [-0.39, 0.29) is 18.4 Å². The summed E-state index contributed by atoms with van der Waals surface area (Å²) in [5.41, 5.74) is 5.29. The van der Waals surface area contributed by atoms with Gasteiger partial charge in [-0.1, -0.05) is 0 Å². The van der Waals surface area contributed by atoms with Gasteiger partial charge in [-0.3, -0.25) is 9.59 Å². The molecule has 4 N–H and O–H groups in total. The van der Waals surface area contributed by atoms with Crippen molar-refractivity contribution in [2.45, 2.75) is 38.1 Å². The maximum absolute atomic E-state index is 11.4. The summed E-state index contributed by atoms with van der Waals surface area (Å²) < 4.78 is 0. The smallest absolute Gasteiger partial charge is 0.303 e. The molecule has 94 valence electrons. The van der Waals surface area contributed by atoms with Gasteiger partial charge in [0, 0.05) is 24.6 Å². The molecule has 0 aromatic heterocycles. The zero-order valence-corrected chi connectivity index (χ0v) is 10.2. The molecule has 0 spiro atoms. The minimum Gasteiger partial charge on any atom is -0.481 e. The zero-order chi connectivity index (χ0) is 12.4. The number of thiol groups is 1. The SMILES string of the molecule is NCCCC(=O)N[C@@H](CS)CCCC(=O)O. The van der Waals surface area contributed by atoms with Crippen LogP contribution in [0, 0.1) is 0 Å². The number of amides is 1. The Kier molecular flexibility index (Phi) is 9.03. The van der Waals surface area contributed by atoms with Crippen molar-refractivity contribution in [3.63, 3.8) is 0 Å². The Bertz CT molecular complexity index is 224. The van der Waals surface area contributed by atoms with Crippen LogP contribution in [0.3, 0.4) is 0 Å². The third kappa shape index (κ3) is 8.55. The first-order valence-electron chi connectivity index (χ1n) is 5.42. The fourth-order valence-corrected chi connectivity index (χ4v) is 1.55. The number of carbonyl (C=O) groups excluding carboxylic acids is 1. The topological polar surface area (TPSA) is 92.4 Å². The maximum Gasteiger partial charge on any atom is 0.303 e. The molecule has 0 aromatic carbocycles. The van der Waals surface area contributed by atoms with Crippen molar-refractivity contribution in [3.05, 3.63) is 0 Å². The summed E-state index contributed by atoms with van der Waals surface area (Å²) in [4.78, 5) is 21.7. The number of nitrogens with one attached hydrogen (secondary N) is 1. The number of hydrogen-bond acceptors (Lipinski definition) is 4. The minimum absolute atomic E-state index is 0.0418. The minimum atomic E-state index is -0.813. The van der Waals surface area contributed by atoms with Crippen LogP contribution in [0.15, 0.2) is 0 Å². The Hall–Kier alpha value is -0.750. The van der Waals surface area contributed by atoms with Gasteiger partial charge in [0.1, 0.15) is 0 Å². The Morgan fingerprint density at radius 2 is 2.00 bits per heavy atom. The van der Waals surface area contributed by atoms with E-state index in [4.69, 9.17) is 10.8 Å². The van der Waals surface area contributed by atoms with Crippen LogP contribution >= 0.6 is 12.6 Å². The molecule has 16 heavy (non-hydrogen) atoms. The first-order valence-corrected chi connectivity index (χ1v) is 6.05. The van der Waals surface area contributed by atoms with Crippen molar-refractivity contribution in [3.8, 4) is 0 Å². The molecule has 6 heteroatoms. The first-order chi connectivity index (χ1) is 7.60. The molecule has 0 heterocycles. The van der Waals surface area contributed by atoms with Crippen molar-refractivity contribution in [1.82, 2.24) is 5.32 Å². The molecule has 0 aliphatic carbocycles. The predicted octanol–water partition coefficient (Wildman–Crippen LogP) is 0.395. The number of rotatable bonds is 9.